The van der Waals surface area contributed by atoms with E-state index in [4.69, 9.17) is 0 Å². The van der Waals surface area contributed by atoms with Crippen molar-refractivity contribution in [1.82, 2.24) is 0 Å². The summed E-state index contributed by atoms with van der Waals surface area (Å²) < 4.78 is 28.5. The van der Waals surface area contributed by atoms with Crippen LogP contribution in [0.3, 0.4) is 0 Å². The molecule has 0 amide bonds. The molecule has 140 valence electrons. The summed E-state index contributed by atoms with van der Waals surface area (Å²) in [6.45, 7) is 0. The fraction of sp³-hybridized carbons (Fsp3) is 0. The number of hydrogen-bond donors (Lipinski definition) is 1. The molecule has 0 aliphatic carbocycles. The second-order valence-corrected chi connectivity index (χ2v) is 8.45. The standard InChI is InChI=1S/C23H14N2O3S/c26-14-24-18-8-10-19(11-9-18)29(27,28)25-21-13-7-17-5-4-15-2-1-3-16-6-12-20(21)23(17)22(15)16/h1-13,25H. The number of hydrogen-bond acceptors (Lipinski definition) is 4. The van der Waals surface area contributed by atoms with Crippen LogP contribution in [0.4, 0.5) is 11.4 Å². The maximum Gasteiger partial charge on any atom is 0.261 e. The molecule has 0 aliphatic heterocycles. The minimum atomic E-state index is -3.80. The third kappa shape index (κ3) is 2.83. The lowest BCUT2D eigenvalue weighted by atomic mass is 9.94. The van der Waals surface area contributed by atoms with E-state index in [9.17, 15) is 13.2 Å². The molecule has 0 heterocycles. The molecule has 0 saturated heterocycles. The van der Waals surface area contributed by atoms with Crippen molar-refractivity contribution in [2.75, 3.05) is 4.72 Å². The SMILES string of the molecule is O=C=Nc1ccc(S(=O)(=O)Nc2ccc3ccc4cccc5ccc2c3c45)cc1. The number of nitrogens with one attached hydrogen (secondary N) is 1. The zero-order valence-electron chi connectivity index (χ0n) is 15.1. The molecule has 0 unspecified atom stereocenters. The van der Waals surface area contributed by atoms with Crippen LogP contribution in [0.2, 0.25) is 0 Å². The quantitative estimate of drug-likeness (QED) is 0.252. The fourth-order valence-electron chi connectivity index (χ4n) is 3.78. The van der Waals surface area contributed by atoms with Gasteiger partial charge < -0.3 is 0 Å². The Balaban J connectivity index is 1.66. The van der Waals surface area contributed by atoms with E-state index in [0.717, 1.165) is 32.3 Å². The number of anilines is 1. The Labute approximate surface area is 166 Å². The van der Waals surface area contributed by atoms with Gasteiger partial charge in [0.15, 0.2) is 0 Å². The molecule has 5 aromatic carbocycles. The topological polar surface area (TPSA) is 75.6 Å². The van der Waals surface area contributed by atoms with Gasteiger partial charge in [-0.3, -0.25) is 4.72 Å². The fourth-order valence-corrected chi connectivity index (χ4v) is 4.86. The van der Waals surface area contributed by atoms with Gasteiger partial charge in [-0.15, -0.1) is 0 Å². The van der Waals surface area contributed by atoms with E-state index in [1.165, 1.54) is 30.3 Å². The smallest absolute Gasteiger partial charge is 0.261 e. The molecule has 0 aromatic heterocycles. The first kappa shape index (κ1) is 17.4. The Morgan fingerprint density at radius 3 is 2.03 bits per heavy atom. The summed E-state index contributed by atoms with van der Waals surface area (Å²) in [4.78, 5) is 13.9. The van der Waals surface area contributed by atoms with E-state index in [2.05, 4.69) is 34.0 Å². The van der Waals surface area contributed by atoms with Gasteiger partial charge in [-0.05, 0) is 57.3 Å². The van der Waals surface area contributed by atoms with Crippen LogP contribution in [0, 0.1) is 0 Å². The molecule has 0 saturated carbocycles. The van der Waals surface area contributed by atoms with E-state index >= 15 is 0 Å². The molecule has 5 aromatic rings. The van der Waals surface area contributed by atoms with Crippen LogP contribution in [0.5, 0.6) is 0 Å². The van der Waals surface area contributed by atoms with Crippen LogP contribution >= 0.6 is 0 Å². The van der Waals surface area contributed by atoms with Crippen molar-refractivity contribution >= 4 is 59.8 Å². The van der Waals surface area contributed by atoms with Crippen LogP contribution in [-0.2, 0) is 14.8 Å². The normalized spacial score (nSPS) is 11.7. The zero-order valence-corrected chi connectivity index (χ0v) is 15.9. The third-order valence-corrected chi connectivity index (χ3v) is 6.48. The average molecular weight is 398 g/mol. The first-order chi connectivity index (χ1) is 14.1. The molecule has 5 nitrogen and oxygen atoms in total. The molecule has 0 fully saturated rings. The summed E-state index contributed by atoms with van der Waals surface area (Å²) in [5, 5.41) is 6.30. The molecule has 0 aliphatic rings. The molecule has 6 heteroatoms. The van der Waals surface area contributed by atoms with Gasteiger partial charge in [0.2, 0.25) is 6.08 Å². The molecular weight excluding hydrogens is 384 g/mol. The first-order valence-electron chi connectivity index (χ1n) is 8.94. The summed E-state index contributed by atoms with van der Waals surface area (Å²) in [5.41, 5.74) is 0.868. The van der Waals surface area contributed by atoms with Crippen molar-refractivity contribution in [1.29, 1.82) is 0 Å². The van der Waals surface area contributed by atoms with E-state index in [1.54, 1.807) is 6.07 Å². The van der Waals surface area contributed by atoms with Crippen molar-refractivity contribution in [2.24, 2.45) is 4.99 Å². The summed E-state index contributed by atoms with van der Waals surface area (Å²) in [6.07, 6.45) is 1.44. The highest BCUT2D eigenvalue weighted by atomic mass is 32.2. The minimum Gasteiger partial charge on any atom is -0.279 e. The lowest BCUT2D eigenvalue weighted by Gasteiger charge is -2.15. The highest BCUT2D eigenvalue weighted by molar-refractivity contribution is 7.92. The zero-order chi connectivity index (χ0) is 20.0. The first-order valence-corrected chi connectivity index (χ1v) is 10.4. The van der Waals surface area contributed by atoms with Crippen LogP contribution in [0.25, 0.3) is 32.3 Å². The second kappa shape index (κ2) is 6.41. The van der Waals surface area contributed by atoms with Gasteiger partial charge in [0.25, 0.3) is 10.0 Å². The summed E-state index contributed by atoms with van der Waals surface area (Å²) in [5.74, 6) is 0. The Morgan fingerprint density at radius 2 is 1.34 bits per heavy atom. The molecule has 29 heavy (non-hydrogen) atoms. The van der Waals surface area contributed by atoms with Crippen molar-refractivity contribution < 1.29 is 13.2 Å². The third-order valence-electron chi connectivity index (χ3n) is 5.09. The average Bonchev–Trinajstić information content (AvgIpc) is 2.73. The Bertz CT molecular complexity index is 1520. The highest BCUT2D eigenvalue weighted by Crippen LogP contribution is 2.38. The van der Waals surface area contributed by atoms with Crippen molar-refractivity contribution in [3.05, 3.63) is 78.9 Å². The van der Waals surface area contributed by atoms with Gasteiger partial charge in [0, 0.05) is 5.39 Å². The largest absolute Gasteiger partial charge is 0.279 e. The number of benzene rings is 5. The molecule has 1 N–H and O–H groups in total. The lowest BCUT2D eigenvalue weighted by Crippen LogP contribution is -2.13. The Morgan fingerprint density at radius 1 is 0.724 bits per heavy atom. The summed E-state index contributed by atoms with van der Waals surface area (Å²) >= 11 is 0. The predicted octanol–water partition coefficient (Wildman–Crippen LogP) is 5.35. The van der Waals surface area contributed by atoms with E-state index in [0.29, 0.717) is 11.4 Å². The molecule has 0 radical (unpaired) electrons. The number of aliphatic imine (C=N–C) groups is 1. The van der Waals surface area contributed by atoms with Gasteiger partial charge in [-0.2, -0.15) is 4.99 Å². The Kier molecular flexibility index (Phi) is 3.84. The van der Waals surface area contributed by atoms with Gasteiger partial charge in [-0.1, -0.05) is 48.5 Å². The van der Waals surface area contributed by atoms with Crippen LogP contribution in [-0.4, -0.2) is 14.5 Å². The predicted molar refractivity (Wildman–Crippen MR) is 115 cm³/mol. The lowest BCUT2D eigenvalue weighted by molar-refractivity contribution is 0.565. The van der Waals surface area contributed by atoms with Crippen molar-refractivity contribution in [3.63, 3.8) is 0 Å². The molecule has 0 bridgehead atoms. The number of nitrogens with zero attached hydrogens (tertiary/aromatic N) is 1. The summed E-state index contributed by atoms with van der Waals surface area (Å²) in [7, 11) is -3.80. The van der Waals surface area contributed by atoms with E-state index in [1.807, 2.05) is 24.3 Å². The molecule has 0 atom stereocenters. The van der Waals surface area contributed by atoms with Crippen molar-refractivity contribution in [2.45, 2.75) is 4.90 Å². The number of carbonyl (C=O) groups excluding carboxylic acids is 1. The van der Waals surface area contributed by atoms with E-state index in [-0.39, 0.29) is 4.90 Å². The highest BCUT2D eigenvalue weighted by Gasteiger charge is 2.17. The summed E-state index contributed by atoms with van der Waals surface area (Å²) in [6, 6.07) is 23.7. The van der Waals surface area contributed by atoms with Crippen LogP contribution in [0.15, 0.2) is 88.8 Å². The van der Waals surface area contributed by atoms with Crippen LogP contribution in [0.1, 0.15) is 0 Å². The number of sulfonamides is 1. The maximum absolute atomic E-state index is 12.9. The number of rotatable bonds is 4. The molecular formula is C23H14N2O3S. The van der Waals surface area contributed by atoms with Gasteiger partial charge in [0.05, 0.1) is 16.3 Å². The van der Waals surface area contributed by atoms with Gasteiger partial charge in [0.1, 0.15) is 0 Å². The monoisotopic (exact) mass is 398 g/mol. The molecule has 5 rings (SSSR count). The van der Waals surface area contributed by atoms with Gasteiger partial charge >= 0.3 is 0 Å². The minimum absolute atomic E-state index is 0.0908. The van der Waals surface area contributed by atoms with E-state index < -0.39 is 10.0 Å². The van der Waals surface area contributed by atoms with Crippen LogP contribution < -0.4 is 4.72 Å². The molecule has 0 spiro atoms. The maximum atomic E-state index is 12.9. The Hall–Kier alpha value is -3.73. The van der Waals surface area contributed by atoms with Crippen molar-refractivity contribution in [3.8, 4) is 0 Å². The second-order valence-electron chi connectivity index (χ2n) is 6.77. The number of isocyanates is 1. The van der Waals surface area contributed by atoms with Gasteiger partial charge in [-0.25, -0.2) is 13.2 Å².